The summed E-state index contributed by atoms with van der Waals surface area (Å²) in [5.74, 6) is 0.587. The molecule has 0 radical (unpaired) electrons. The summed E-state index contributed by atoms with van der Waals surface area (Å²) < 4.78 is 33.5. The summed E-state index contributed by atoms with van der Waals surface area (Å²) in [4.78, 5) is 15.6. The van der Waals surface area contributed by atoms with Gasteiger partial charge in [-0.05, 0) is 55.9 Å². The highest BCUT2D eigenvalue weighted by molar-refractivity contribution is 7.98. The van der Waals surface area contributed by atoms with Crippen LogP contribution in [-0.4, -0.2) is 51.7 Å². The van der Waals surface area contributed by atoms with Crippen molar-refractivity contribution < 1.29 is 17.9 Å². The van der Waals surface area contributed by atoms with Crippen LogP contribution in [0.15, 0.2) is 58.3 Å². The molecule has 0 unspecified atom stereocenters. The van der Waals surface area contributed by atoms with E-state index < -0.39 is 10.0 Å². The van der Waals surface area contributed by atoms with Crippen molar-refractivity contribution in [3.63, 3.8) is 0 Å². The number of hydrogen-bond donors (Lipinski definition) is 1. The molecule has 1 N–H and O–H groups in total. The molecule has 0 spiro atoms. The second kappa shape index (κ2) is 10.1. The highest BCUT2D eigenvalue weighted by atomic mass is 32.2. The molecule has 8 heteroatoms. The molecule has 1 aliphatic heterocycles. The maximum Gasteiger partial charge on any atom is 0.255 e. The van der Waals surface area contributed by atoms with Gasteiger partial charge in [-0.2, -0.15) is 0 Å². The molecule has 2 aromatic carbocycles. The van der Waals surface area contributed by atoms with Crippen molar-refractivity contribution in [1.29, 1.82) is 0 Å². The summed E-state index contributed by atoms with van der Waals surface area (Å²) >= 11 is 1.44. The molecule has 1 aliphatic rings. The Hall–Kier alpha value is -2.03. The predicted octanol–water partition coefficient (Wildman–Crippen LogP) is 3.39. The van der Waals surface area contributed by atoms with E-state index in [1.54, 1.807) is 12.1 Å². The molecular weight excluding hydrogens is 408 g/mol. The van der Waals surface area contributed by atoms with Gasteiger partial charge in [0.15, 0.2) is 0 Å². The average molecular weight is 435 g/mol. The van der Waals surface area contributed by atoms with E-state index in [1.807, 2.05) is 41.5 Å². The first-order chi connectivity index (χ1) is 14.0. The van der Waals surface area contributed by atoms with Crippen molar-refractivity contribution in [2.45, 2.75) is 29.1 Å². The lowest BCUT2D eigenvalue weighted by molar-refractivity contribution is 0.0720. The minimum Gasteiger partial charge on any atom is -0.492 e. The zero-order chi connectivity index (χ0) is 20.7. The summed E-state index contributed by atoms with van der Waals surface area (Å²) in [6.07, 6.45) is 4.99. The zero-order valence-electron chi connectivity index (χ0n) is 16.5. The fraction of sp³-hybridized carbons (Fsp3) is 0.381. The number of sulfonamides is 1. The van der Waals surface area contributed by atoms with E-state index in [2.05, 4.69) is 4.72 Å². The van der Waals surface area contributed by atoms with E-state index in [-0.39, 0.29) is 24.0 Å². The number of hydrogen-bond acceptors (Lipinski definition) is 5. The zero-order valence-corrected chi connectivity index (χ0v) is 18.1. The van der Waals surface area contributed by atoms with Crippen LogP contribution in [0.3, 0.4) is 0 Å². The number of carbonyl (C=O) groups is 1. The molecule has 29 heavy (non-hydrogen) atoms. The summed E-state index contributed by atoms with van der Waals surface area (Å²) in [5.41, 5.74) is 0.447. The van der Waals surface area contributed by atoms with Crippen LogP contribution < -0.4 is 9.46 Å². The number of amides is 1. The number of nitrogens with zero attached hydrogens (tertiary/aromatic N) is 1. The van der Waals surface area contributed by atoms with Crippen LogP contribution in [-0.2, 0) is 10.0 Å². The first-order valence-corrected chi connectivity index (χ1v) is 12.4. The van der Waals surface area contributed by atoms with Crippen LogP contribution in [0.2, 0.25) is 0 Å². The average Bonchev–Trinajstić information content (AvgIpc) is 2.77. The molecule has 1 heterocycles. The normalized spacial score (nSPS) is 14.6. The molecule has 1 saturated heterocycles. The van der Waals surface area contributed by atoms with Gasteiger partial charge in [-0.3, -0.25) is 4.79 Å². The Kier molecular flexibility index (Phi) is 7.57. The van der Waals surface area contributed by atoms with Crippen LogP contribution in [0.5, 0.6) is 5.75 Å². The number of carbonyl (C=O) groups excluding carboxylic acids is 1. The van der Waals surface area contributed by atoms with E-state index in [0.29, 0.717) is 11.3 Å². The van der Waals surface area contributed by atoms with Crippen LogP contribution in [0, 0.1) is 0 Å². The van der Waals surface area contributed by atoms with E-state index in [1.165, 1.54) is 17.8 Å². The Morgan fingerprint density at radius 2 is 1.83 bits per heavy atom. The summed E-state index contributed by atoms with van der Waals surface area (Å²) in [6.45, 7) is 1.79. The van der Waals surface area contributed by atoms with E-state index in [0.717, 1.165) is 37.2 Å². The number of para-hydroxylation sites is 1. The minimum absolute atomic E-state index is 0.0929. The molecule has 0 atom stereocenters. The van der Waals surface area contributed by atoms with E-state index >= 15 is 0 Å². The second-order valence-electron chi connectivity index (χ2n) is 6.77. The van der Waals surface area contributed by atoms with Gasteiger partial charge in [-0.15, -0.1) is 11.8 Å². The summed E-state index contributed by atoms with van der Waals surface area (Å²) in [7, 11) is -3.74. The largest absolute Gasteiger partial charge is 0.492 e. The molecule has 2 aromatic rings. The smallest absolute Gasteiger partial charge is 0.255 e. The van der Waals surface area contributed by atoms with Gasteiger partial charge in [0.25, 0.3) is 5.91 Å². The highest BCUT2D eigenvalue weighted by Crippen LogP contribution is 2.26. The maximum atomic E-state index is 13.0. The maximum absolute atomic E-state index is 13.0. The molecule has 6 nitrogen and oxygen atoms in total. The molecular formula is C21H26N2O4S2. The number of nitrogens with one attached hydrogen (secondary N) is 1. The van der Waals surface area contributed by atoms with E-state index in [9.17, 15) is 13.2 Å². The molecule has 3 rings (SSSR count). The van der Waals surface area contributed by atoms with Crippen molar-refractivity contribution in [1.82, 2.24) is 9.62 Å². The van der Waals surface area contributed by atoms with Gasteiger partial charge in [0.05, 0.1) is 10.5 Å². The van der Waals surface area contributed by atoms with Crippen molar-refractivity contribution >= 4 is 27.7 Å². The lowest BCUT2D eigenvalue weighted by Crippen LogP contribution is -2.36. The lowest BCUT2D eigenvalue weighted by atomic mass is 10.1. The minimum atomic E-state index is -3.74. The van der Waals surface area contributed by atoms with Gasteiger partial charge in [-0.25, -0.2) is 13.1 Å². The van der Waals surface area contributed by atoms with Gasteiger partial charge in [0.1, 0.15) is 12.4 Å². The topological polar surface area (TPSA) is 75.7 Å². The van der Waals surface area contributed by atoms with Crippen molar-refractivity contribution in [2.24, 2.45) is 0 Å². The van der Waals surface area contributed by atoms with Crippen molar-refractivity contribution in [3.05, 3.63) is 54.1 Å². The first kappa shape index (κ1) is 21.7. The number of ether oxygens (including phenoxy) is 1. The summed E-state index contributed by atoms with van der Waals surface area (Å²) in [6, 6.07) is 14.0. The van der Waals surface area contributed by atoms with E-state index in [4.69, 9.17) is 4.74 Å². The molecule has 156 valence electrons. The third kappa shape index (κ3) is 5.74. The summed E-state index contributed by atoms with van der Waals surface area (Å²) in [5, 5.41) is 0. The Labute approximate surface area is 176 Å². The van der Waals surface area contributed by atoms with Gasteiger partial charge >= 0.3 is 0 Å². The van der Waals surface area contributed by atoms with Gasteiger partial charge in [0, 0.05) is 24.5 Å². The number of benzene rings is 2. The lowest BCUT2D eigenvalue weighted by Gasteiger charge is -2.27. The number of likely N-dealkylation sites (tertiary alicyclic amines) is 1. The molecule has 0 saturated carbocycles. The highest BCUT2D eigenvalue weighted by Gasteiger charge is 2.23. The number of rotatable bonds is 8. The van der Waals surface area contributed by atoms with Crippen LogP contribution in [0.25, 0.3) is 0 Å². The Bertz CT molecular complexity index is 927. The second-order valence-corrected chi connectivity index (χ2v) is 9.39. The Morgan fingerprint density at radius 1 is 1.10 bits per heavy atom. The quantitative estimate of drug-likeness (QED) is 0.509. The molecule has 0 aromatic heterocycles. The number of thioether (sulfide) groups is 1. The van der Waals surface area contributed by atoms with Gasteiger partial charge in [0.2, 0.25) is 10.0 Å². The van der Waals surface area contributed by atoms with Gasteiger partial charge in [-0.1, -0.05) is 18.2 Å². The third-order valence-corrected chi connectivity index (χ3v) is 7.02. The Balaban J connectivity index is 1.69. The third-order valence-electron chi connectivity index (χ3n) is 4.76. The monoisotopic (exact) mass is 434 g/mol. The molecule has 1 amide bonds. The predicted molar refractivity (Wildman–Crippen MR) is 115 cm³/mol. The molecule has 1 fully saturated rings. The standard InChI is InChI=1S/C21H26N2O4S2/c1-28-20-11-10-18(16-19(20)21(24)23-13-6-3-7-14-23)29(25,26)22-12-15-27-17-8-4-2-5-9-17/h2,4-5,8-11,16,22H,3,6-7,12-15H2,1H3. The van der Waals surface area contributed by atoms with Gasteiger partial charge < -0.3 is 9.64 Å². The fourth-order valence-corrected chi connectivity index (χ4v) is 4.84. The Morgan fingerprint density at radius 3 is 2.52 bits per heavy atom. The fourth-order valence-electron chi connectivity index (χ4n) is 3.23. The van der Waals surface area contributed by atoms with Crippen LogP contribution in [0.1, 0.15) is 29.6 Å². The number of piperidine rings is 1. The SMILES string of the molecule is CSc1ccc(S(=O)(=O)NCCOc2ccccc2)cc1C(=O)N1CCCCC1. The van der Waals surface area contributed by atoms with Crippen molar-refractivity contribution in [3.8, 4) is 5.75 Å². The van der Waals surface area contributed by atoms with Crippen LogP contribution in [0.4, 0.5) is 0 Å². The van der Waals surface area contributed by atoms with Crippen molar-refractivity contribution in [2.75, 3.05) is 32.5 Å². The first-order valence-electron chi connectivity index (χ1n) is 9.66. The molecule has 0 aliphatic carbocycles. The van der Waals surface area contributed by atoms with Crippen LogP contribution >= 0.6 is 11.8 Å². The molecule has 0 bridgehead atoms.